The Labute approximate surface area is 148 Å². The molecule has 129 valence electrons. The molecular formula is C16H20FIrN2O3-. The number of hydrogen-bond acceptors (Lipinski definition) is 5. The van der Waals surface area contributed by atoms with Gasteiger partial charge in [0.25, 0.3) is 0 Å². The average molecular weight is 500 g/mol. The maximum Gasteiger partial charge on any atom is 0.194 e. The Morgan fingerprint density at radius 3 is 2.22 bits per heavy atom. The van der Waals surface area contributed by atoms with Crippen LogP contribution in [0.25, 0.3) is 11.3 Å². The second-order valence-corrected chi connectivity index (χ2v) is 4.77. The summed E-state index contributed by atoms with van der Waals surface area (Å²) in [4.78, 5) is 8.11. The monoisotopic (exact) mass is 500 g/mol. The van der Waals surface area contributed by atoms with E-state index < -0.39 is 0 Å². The molecule has 0 bridgehead atoms. The number of methoxy groups -OCH3 is 1. The average Bonchev–Trinajstić information content (AvgIpc) is 2.47. The molecule has 0 saturated carbocycles. The summed E-state index contributed by atoms with van der Waals surface area (Å²) >= 11 is 0. The molecule has 0 fully saturated rings. The van der Waals surface area contributed by atoms with E-state index in [4.69, 9.17) is 14.9 Å². The normalized spacial score (nSPS) is 12.3. The minimum atomic E-state index is -0.375. The maximum absolute atomic E-state index is 12.7. The van der Waals surface area contributed by atoms with Gasteiger partial charge in [0.1, 0.15) is 0 Å². The largest absolute Gasteiger partial charge is 0.486 e. The molecule has 1 aromatic carbocycles. The van der Waals surface area contributed by atoms with Crippen molar-refractivity contribution in [1.82, 2.24) is 9.97 Å². The summed E-state index contributed by atoms with van der Waals surface area (Å²) in [7, 11) is 1.51. The van der Waals surface area contributed by atoms with E-state index in [-0.39, 0.29) is 38.1 Å². The third-order valence-electron chi connectivity index (χ3n) is 2.57. The van der Waals surface area contributed by atoms with E-state index in [1.807, 2.05) is 0 Å². The van der Waals surface area contributed by atoms with Gasteiger partial charge in [-0.1, -0.05) is 0 Å². The van der Waals surface area contributed by atoms with Gasteiger partial charge in [0.05, 0.1) is 19.3 Å². The zero-order valence-electron chi connectivity index (χ0n) is 13.2. The molecule has 2 rings (SSSR count). The first-order valence-corrected chi connectivity index (χ1v) is 6.82. The number of halogens is 1. The van der Waals surface area contributed by atoms with Crippen molar-refractivity contribution in [3.05, 3.63) is 42.5 Å². The third-order valence-corrected chi connectivity index (χ3v) is 2.57. The first-order valence-electron chi connectivity index (χ1n) is 6.82. The molecule has 2 N–H and O–H groups in total. The summed E-state index contributed by atoms with van der Waals surface area (Å²) < 4.78 is 17.7. The van der Waals surface area contributed by atoms with Crippen LogP contribution in [0.4, 0.5) is 4.39 Å². The number of aromatic nitrogens is 2. The van der Waals surface area contributed by atoms with E-state index in [1.165, 1.54) is 25.4 Å². The zero-order chi connectivity index (χ0) is 16.5. The zero-order valence-corrected chi connectivity index (χ0v) is 15.6. The molecule has 7 heteroatoms. The van der Waals surface area contributed by atoms with Crippen LogP contribution in [0.5, 0.6) is 5.88 Å². The molecule has 0 saturated heterocycles. The first kappa shape index (κ1) is 21.6. The number of benzene rings is 1. The second-order valence-electron chi connectivity index (χ2n) is 4.77. The molecule has 2 aromatic rings. The molecule has 0 spiro atoms. The molecule has 2 unspecified atom stereocenters. The summed E-state index contributed by atoms with van der Waals surface area (Å²) in [6.07, 6.45) is 2.81. The van der Waals surface area contributed by atoms with Gasteiger partial charge in [-0.3, -0.25) is 9.37 Å². The molecule has 2 atom stereocenters. The van der Waals surface area contributed by atoms with E-state index in [0.717, 1.165) is 0 Å². The summed E-state index contributed by atoms with van der Waals surface area (Å²) in [5.41, 5.74) is 1.21. The van der Waals surface area contributed by atoms with Crippen molar-refractivity contribution in [1.29, 1.82) is 0 Å². The SMILES string of the molecule is CC(O)CC(C)O.COc1nccnc1-c1[c-]cc(F)cc1.[Ir]. The van der Waals surface area contributed by atoms with E-state index in [2.05, 4.69) is 16.0 Å². The Hall–Kier alpha value is -1.40. The number of aliphatic hydroxyl groups excluding tert-OH is 2. The molecular weight excluding hydrogens is 479 g/mol. The van der Waals surface area contributed by atoms with Gasteiger partial charge in [-0.05, 0) is 20.3 Å². The molecule has 1 aromatic heterocycles. The van der Waals surface area contributed by atoms with Crippen molar-refractivity contribution in [3.63, 3.8) is 0 Å². The smallest absolute Gasteiger partial charge is 0.194 e. The molecule has 1 heterocycles. The molecule has 1 radical (unpaired) electrons. The van der Waals surface area contributed by atoms with Gasteiger partial charge >= 0.3 is 0 Å². The van der Waals surface area contributed by atoms with Crippen molar-refractivity contribution in [3.8, 4) is 17.1 Å². The fourth-order valence-corrected chi connectivity index (χ4v) is 1.71. The topological polar surface area (TPSA) is 75.5 Å². The van der Waals surface area contributed by atoms with E-state index in [9.17, 15) is 4.39 Å². The second kappa shape index (κ2) is 11.2. The number of ether oxygens (including phenoxy) is 1. The standard InChI is InChI=1S/C11H8FN2O.C5H12O2.Ir/c1-15-11-10(13-6-7-14-11)8-2-4-9(12)5-3-8;1-4(6)3-5(2)7;/h2,4-7H,1H3;4-7H,3H2,1-2H3;/q-1;;. The van der Waals surface area contributed by atoms with Gasteiger partial charge < -0.3 is 14.9 Å². The summed E-state index contributed by atoms with van der Waals surface area (Å²) in [6.45, 7) is 3.32. The Morgan fingerprint density at radius 2 is 1.78 bits per heavy atom. The van der Waals surface area contributed by atoms with Crippen LogP contribution in [-0.4, -0.2) is 39.5 Å². The summed E-state index contributed by atoms with van der Waals surface area (Å²) in [5, 5.41) is 17.1. The summed E-state index contributed by atoms with van der Waals surface area (Å²) in [5.74, 6) is 0.0713. The van der Waals surface area contributed by atoms with Gasteiger partial charge in [0.15, 0.2) is 5.88 Å². The quantitative estimate of drug-likeness (QED) is 0.632. The molecule has 0 aliphatic heterocycles. The Balaban J connectivity index is 0.000000522. The Morgan fingerprint density at radius 1 is 1.17 bits per heavy atom. The molecule has 23 heavy (non-hydrogen) atoms. The molecule has 0 aliphatic carbocycles. The van der Waals surface area contributed by atoms with Gasteiger partial charge in [-0.15, -0.1) is 29.8 Å². The van der Waals surface area contributed by atoms with Crippen LogP contribution < -0.4 is 4.74 Å². The van der Waals surface area contributed by atoms with Crippen molar-refractivity contribution in [2.75, 3.05) is 7.11 Å². The van der Waals surface area contributed by atoms with Crippen LogP contribution in [0, 0.1) is 11.9 Å². The Bertz CT molecular complexity index is 560. The van der Waals surface area contributed by atoms with Crippen LogP contribution >= 0.6 is 0 Å². The van der Waals surface area contributed by atoms with Crippen molar-refractivity contribution < 1.29 is 39.4 Å². The number of rotatable bonds is 4. The van der Waals surface area contributed by atoms with Crippen molar-refractivity contribution in [2.45, 2.75) is 32.5 Å². The van der Waals surface area contributed by atoms with Gasteiger partial charge in [0.2, 0.25) is 0 Å². The van der Waals surface area contributed by atoms with E-state index in [0.29, 0.717) is 23.6 Å². The number of aliphatic hydroxyl groups is 2. The van der Waals surface area contributed by atoms with Gasteiger partial charge in [0, 0.05) is 44.0 Å². The van der Waals surface area contributed by atoms with Crippen molar-refractivity contribution >= 4 is 0 Å². The minimum absolute atomic E-state index is 0. The van der Waals surface area contributed by atoms with Gasteiger partial charge in [-0.2, -0.15) is 0 Å². The van der Waals surface area contributed by atoms with Gasteiger partial charge in [-0.25, -0.2) is 4.98 Å². The van der Waals surface area contributed by atoms with Crippen molar-refractivity contribution in [2.24, 2.45) is 0 Å². The number of nitrogens with zero attached hydrogens (tertiary/aromatic N) is 2. The van der Waals surface area contributed by atoms with Crippen LogP contribution in [0.1, 0.15) is 20.3 Å². The summed E-state index contributed by atoms with van der Waals surface area (Å²) in [6, 6.07) is 6.96. The maximum atomic E-state index is 12.7. The minimum Gasteiger partial charge on any atom is -0.486 e. The van der Waals surface area contributed by atoms with Crippen LogP contribution in [0.3, 0.4) is 0 Å². The molecule has 0 aliphatic rings. The fourth-order valence-electron chi connectivity index (χ4n) is 1.71. The van der Waals surface area contributed by atoms with Crippen LogP contribution in [0.2, 0.25) is 0 Å². The Kier molecular flexibility index (Phi) is 10.5. The fraction of sp³-hybridized carbons (Fsp3) is 0.375. The predicted molar refractivity (Wildman–Crippen MR) is 80.8 cm³/mol. The van der Waals surface area contributed by atoms with E-state index >= 15 is 0 Å². The van der Waals surface area contributed by atoms with Crippen LogP contribution in [0.15, 0.2) is 30.6 Å². The molecule has 5 nitrogen and oxygen atoms in total. The third kappa shape index (κ3) is 8.13. The van der Waals surface area contributed by atoms with Crippen LogP contribution in [-0.2, 0) is 20.1 Å². The van der Waals surface area contributed by atoms with E-state index in [1.54, 1.807) is 26.1 Å². The predicted octanol–water partition coefficient (Wildman–Crippen LogP) is 2.23. The number of hydrogen-bond donors (Lipinski definition) is 2. The molecule has 0 amide bonds. The first-order chi connectivity index (χ1) is 10.4.